The van der Waals surface area contributed by atoms with Gasteiger partial charge in [0.15, 0.2) is 0 Å². The molecule has 2 rings (SSSR count). The second-order valence-electron chi connectivity index (χ2n) is 3.42. The Morgan fingerprint density at radius 1 is 1.36 bits per heavy atom. The van der Waals surface area contributed by atoms with Crippen LogP contribution in [0.3, 0.4) is 0 Å². The summed E-state index contributed by atoms with van der Waals surface area (Å²) in [5.74, 6) is -1.58. The minimum Gasteiger partial charge on any atom is -0.481 e. The van der Waals surface area contributed by atoms with Crippen molar-refractivity contribution in [2.45, 2.75) is 24.5 Å². The summed E-state index contributed by atoms with van der Waals surface area (Å²) in [5.41, 5.74) is 1.08. The van der Waals surface area contributed by atoms with Gasteiger partial charge in [0.25, 0.3) is 0 Å². The second-order valence-corrected chi connectivity index (χ2v) is 3.42. The average Bonchev–Trinajstić information content (AvgIpc) is 2.65. The van der Waals surface area contributed by atoms with Gasteiger partial charge in [-0.3, -0.25) is 4.79 Å². The number of carbonyl (C=O) groups is 1. The Kier molecular flexibility index (Phi) is 2.05. The predicted octanol–water partition coefficient (Wildman–Crippen LogP) is 0.246. The molecule has 1 aliphatic carbocycles. The molecule has 3 N–H and O–H groups in total. The fraction of sp³-hybridized carbons (Fsp3) is 0.444. The maximum absolute atomic E-state index is 10.5. The number of rotatable bonds is 2. The van der Waals surface area contributed by atoms with Crippen molar-refractivity contribution in [3.8, 4) is 0 Å². The van der Waals surface area contributed by atoms with Gasteiger partial charge < -0.3 is 19.7 Å². The topological polar surface area (TPSA) is 90.9 Å². The van der Waals surface area contributed by atoms with Crippen molar-refractivity contribution in [2.75, 3.05) is 0 Å². The Hall–Kier alpha value is -1.33. The summed E-state index contributed by atoms with van der Waals surface area (Å²) in [5, 5.41) is 27.7. The molecule has 0 aliphatic heterocycles. The van der Waals surface area contributed by atoms with Gasteiger partial charge in [0.1, 0.15) is 6.10 Å². The van der Waals surface area contributed by atoms with Crippen LogP contribution in [-0.2, 0) is 4.79 Å². The van der Waals surface area contributed by atoms with E-state index in [0.717, 1.165) is 0 Å². The number of hydrogen-bond acceptors (Lipinski definition) is 4. The highest BCUT2D eigenvalue weighted by Gasteiger charge is 2.41. The van der Waals surface area contributed by atoms with E-state index in [0.29, 0.717) is 11.1 Å². The molecule has 0 bridgehead atoms. The minimum atomic E-state index is -1.05. The first kappa shape index (κ1) is 9.23. The molecule has 3 atom stereocenters. The number of fused-ring (bicyclic) bond motifs is 1. The molecule has 0 spiro atoms. The molecule has 1 aromatic heterocycles. The van der Waals surface area contributed by atoms with Gasteiger partial charge in [0.05, 0.1) is 25.1 Å². The molecule has 1 heterocycles. The Morgan fingerprint density at radius 3 is 2.64 bits per heavy atom. The van der Waals surface area contributed by atoms with E-state index in [2.05, 4.69) is 0 Å². The van der Waals surface area contributed by atoms with Gasteiger partial charge in [-0.25, -0.2) is 0 Å². The van der Waals surface area contributed by atoms with Crippen molar-refractivity contribution in [1.82, 2.24) is 0 Å². The Balaban J connectivity index is 2.31. The van der Waals surface area contributed by atoms with Gasteiger partial charge >= 0.3 is 5.97 Å². The third-order valence-electron chi connectivity index (χ3n) is 2.57. The normalized spacial score (nSPS) is 30.3. The highest BCUT2D eigenvalue weighted by Crippen LogP contribution is 2.42. The van der Waals surface area contributed by atoms with Crippen LogP contribution in [0.2, 0.25) is 0 Å². The average molecular weight is 198 g/mol. The molecule has 0 aromatic carbocycles. The highest BCUT2D eigenvalue weighted by atomic mass is 16.4. The first-order valence-electron chi connectivity index (χ1n) is 4.25. The van der Waals surface area contributed by atoms with Crippen molar-refractivity contribution >= 4 is 5.97 Å². The lowest BCUT2D eigenvalue weighted by molar-refractivity contribution is -0.138. The van der Waals surface area contributed by atoms with Crippen LogP contribution in [0.25, 0.3) is 0 Å². The highest BCUT2D eigenvalue weighted by molar-refractivity contribution is 5.68. The van der Waals surface area contributed by atoms with E-state index >= 15 is 0 Å². The van der Waals surface area contributed by atoms with Crippen LogP contribution in [0.5, 0.6) is 0 Å². The van der Waals surface area contributed by atoms with Crippen molar-refractivity contribution in [3.63, 3.8) is 0 Å². The standard InChI is InChI=1S/C9H10O5/c10-7(11)1-4-5-2-14-3-6(5)9(13)8(4)12/h2-4,8-9,12-13H,1H2,(H,10,11)/t4-,8+,9-/m0/s1. The van der Waals surface area contributed by atoms with Gasteiger partial charge in [-0.15, -0.1) is 0 Å². The van der Waals surface area contributed by atoms with E-state index in [-0.39, 0.29) is 6.42 Å². The van der Waals surface area contributed by atoms with E-state index in [4.69, 9.17) is 9.52 Å². The van der Waals surface area contributed by atoms with Crippen LogP contribution in [0.1, 0.15) is 29.6 Å². The summed E-state index contributed by atoms with van der Waals surface area (Å²) < 4.78 is 4.85. The molecule has 14 heavy (non-hydrogen) atoms. The molecule has 5 nitrogen and oxygen atoms in total. The quantitative estimate of drug-likeness (QED) is 0.633. The Labute approximate surface area is 79.6 Å². The van der Waals surface area contributed by atoms with Gasteiger partial charge in [-0.1, -0.05) is 0 Å². The lowest BCUT2D eigenvalue weighted by atomic mass is 9.98. The number of furan rings is 1. The summed E-state index contributed by atoms with van der Waals surface area (Å²) in [6.07, 6.45) is 0.429. The van der Waals surface area contributed by atoms with Crippen LogP contribution in [0, 0.1) is 0 Å². The first-order chi connectivity index (χ1) is 6.61. The monoisotopic (exact) mass is 198 g/mol. The summed E-state index contributed by atoms with van der Waals surface area (Å²) in [6.45, 7) is 0. The molecule has 76 valence electrons. The van der Waals surface area contributed by atoms with Gasteiger partial charge in [0, 0.05) is 17.0 Å². The van der Waals surface area contributed by atoms with Crippen molar-refractivity contribution in [2.24, 2.45) is 0 Å². The third-order valence-corrected chi connectivity index (χ3v) is 2.57. The molecule has 0 radical (unpaired) electrons. The number of carboxylic acids is 1. The minimum absolute atomic E-state index is 0.204. The van der Waals surface area contributed by atoms with Crippen molar-refractivity contribution in [3.05, 3.63) is 23.7 Å². The lowest BCUT2D eigenvalue weighted by Gasteiger charge is -2.14. The zero-order valence-electron chi connectivity index (χ0n) is 7.25. The maximum atomic E-state index is 10.5. The van der Waals surface area contributed by atoms with E-state index in [9.17, 15) is 15.0 Å². The number of aliphatic hydroxyl groups excluding tert-OH is 2. The molecular weight excluding hydrogens is 188 g/mol. The van der Waals surface area contributed by atoms with Gasteiger partial charge in [-0.2, -0.15) is 0 Å². The number of carboxylic acid groups (broad SMARTS) is 1. The molecule has 5 heteroatoms. The number of hydrogen-bond donors (Lipinski definition) is 3. The van der Waals surface area contributed by atoms with E-state index in [1.807, 2.05) is 0 Å². The van der Waals surface area contributed by atoms with Crippen LogP contribution < -0.4 is 0 Å². The summed E-state index contributed by atoms with van der Waals surface area (Å²) in [7, 11) is 0. The van der Waals surface area contributed by atoms with E-state index in [1.54, 1.807) is 0 Å². The first-order valence-corrected chi connectivity index (χ1v) is 4.25. The fourth-order valence-corrected chi connectivity index (χ4v) is 1.87. The molecule has 0 fully saturated rings. The molecule has 0 saturated carbocycles. The third kappa shape index (κ3) is 1.21. The number of aliphatic carboxylic acids is 1. The molecule has 0 amide bonds. The summed E-state index contributed by atoms with van der Waals surface area (Å²) >= 11 is 0. The SMILES string of the molecule is O=C(O)C[C@H]1c2cocc2[C@H](O)[C@@H]1O. The molecule has 0 saturated heterocycles. The maximum Gasteiger partial charge on any atom is 0.304 e. The Bertz CT molecular complexity index is 356. The molecule has 1 aliphatic rings. The zero-order chi connectivity index (χ0) is 10.3. The zero-order valence-corrected chi connectivity index (χ0v) is 7.25. The summed E-state index contributed by atoms with van der Waals surface area (Å²) in [4.78, 5) is 10.5. The van der Waals surface area contributed by atoms with Crippen molar-refractivity contribution in [1.29, 1.82) is 0 Å². The fourth-order valence-electron chi connectivity index (χ4n) is 1.87. The number of aliphatic hydroxyl groups is 2. The van der Waals surface area contributed by atoms with E-state index in [1.165, 1.54) is 12.5 Å². The van der Waals surface area contributed by atoms with Crippen molar-refractivity contribution < 1.29 is 24.5 Å². The second kappa shape index (κ2) is 3.11. The summed E-state index contributed by atoms with van der Waals surface area (Å²) in [6, 6.07) is 0. The van der Waals surface area contributed by atoms with Crippen LogP contribution >= 0.6 is 0 Å². The van der Waals surface area contributed by atoms with Crippen LogP contribution in [0.4, 0.5) is 0 Å². The van der Waals surface area contributed by atoms with Crippen LogP contribution in [-0.4, -0.2) is 27.4 Å². The lowest BCUT2D eigenvalue weighted by Crippen LogP contribution is -2.20. The Morgan fingerprint density at radius 2 is 2.00 bits per heavy atom. The molecule has 1 aromatic rings. The largest absolute Gasteiger partial charge is 0.481 e. The van der Waals surface area contributed by atoms with Gasteiger partial charge in [0.2, 0.25) is 0 Å². The molecule has 0 unspecified atom stereocenters. The smallest absolute Gasteiger partial charge is 0.304 e. The van der Waals surface area contributed by atoms with E-state index < -0.39 is 24.1 Å². The predicted molar refractivity (Wildman–Crippen MR) is 44.7 cm³/mol. The molecular formula is C9H10O5. The van der Waals surface area contributed by atoms with Crippen LogP contribution in [0.15, 0.2) is 16.9 Å². The van der Waals surface area contributed by atoms with Gasteiger partial charge in [-0.05, 0) is 0 Å².